The van der Waals surface area contributed by atoms with Crippen molar-refractivity contribution in [2.75, 3.05) is 25.1 Å². The maximum absolute atomic E-state index is 14.3. The number of piperidine rings is 1. The molecule has 0 bridgehead atoms. The van der Waals surface area contributed by atoms with Crippen molar-refractivity contribution in [3.8, 4) is 0 Å². The van der Waals surface area contributed by atoms with Crippen molar-refractivity contribution in [2.45, 2.75) is 110 Å². The highest BCUT2D eigenvalue weighted by Crippen LogP contribution is 2.65. The van der Waals surface area contributed by atoms with Gasteiger partial charge in [-0.05, 0) is 47.8 Å². The molecule has 13 heteroatoms. The Labute approximate surface area is 273 Å². The molecule has 3 aliphatic carbocycles. The lowest BCUT2D eigenvalue weighted by Gasteiger charge is -2.40. The summed E-state index contributed by atoms with van der Waals surface area (Å²) in [5.74, 6) is -2.41. The molecule has 3 saturated carbocycles. The van der Waals surface area contributed by atoms with E-state index in [2.05, 4.69) is 41.7 Å². The van der Waals surface area contributed by atoms with Crippen LogP contribution in [0.25, 0.3) is 0 Å². The van der Waals surface area contributed by atoms with Gasteiger partial charge < -0.3 is 26.2 Å². The molecule has 1 unspecified atom stereocenters. The highest BCUT2D eigenvalue weighted by molar-refractivity contribution is 7.90. The molecule has 0 aromatic heterocycles. The Bertz CT molecular complexity index is 1340. The van der Waals surface area contributed by atoms with Crippen molar-refractivity contribution in [3.63, 3.8) is 0 Å². The monoisotopic (exact) mass is 663 g/mol. The molecule has 258 valence electrons. The summed E-state index contributed by atoms with van der Waals surface area (Å²) in [7, 11) is -3.39. The maximum Gasteiger partial charge on any atom is 0.315 e. The summed E-state index contributed by atoms with van der Waals surface area (Å²) in [6, 6.07) is -3.52. The SMILES string of the molecule is C=CCNC(=O)C(=O)C(CC1CC1)NC(=O)[C@@H]1[C@@H]2[C@H](CN1C(=O)[C@@H](NC(=O)NC1(CS(C)(=O)=O)CCCCC1)C(C)(C)C)C2(C)C. The zero-order valence-electron chi connectivity index (χ0n) is 28.2. The van der Waals surface area contributed by atoms with Gasteiger partial charge in [-0.3, -0.25) is 19.2 Å². The fourth-order valence-electron chi connectivity index (χ4n) is 7.66. The van der Waals surface area contributed by atoms with E-state index in [1.165, 1.54) is 11.0 Å². The number of ketones is 1. The minimum absolute atomic E-state index is 0.0652. The predicted octanol–water partition coefficient (Wildman–Crippen LogP) is 2.09. The molecular formula is C33H53N5O7S. The normalized spacial score (nSPS) is 26.1. The number of carbonyl (C=O) groups is 5. The van der Waals surface area contributed by atoms with Crippen molar-refractivity contribution in [3.05, 3.63) is 12.7 Å². The van der Waals surface area contributed by atoms with Gasteiger partial charge in [0.1, 0.15) is 21.9 Å². The van der Waals surface area contributed by atoms with Crippen molar-refractivity contribution in [1.82, 2.24) is 26.2 Å². The molecule has 0 aromatic rings. The Morgan fingerprint density at radius 1 is 1.02 bits per heavy atom. The van der Waals surface area contributed by atoms with Crippen LogP contribution in [0.1, 0.15) is 86.0 Å². The van der Waals surface area contributed by atoms with Crippen LogP contribution in [0.5, 0.6) is 0 Å². The number of likely N-dealkylation sites (tertiary alicyclic amines) is 1. The first-order valence-corrected chi connectivity index (χ1v) is 18.7. The molecule has 4 fully saturated rings. The molecule has 46 heavy (non-hydrogen) atoms. The molecule has 5 atom stereocenters. The van der Waals surface area contributed by atoms with Gasteiger partial charge in [-0.15, -0.1) is 6.58 Å². The van der Waals surface area contributed by atoms with E-state index in [1.807, 2.05) is 20.8 Å². The molecule has 12 nitrogen and oxygen atoms in total. The first kappa shape index (κ1) is 35.9. The number of nitrogens with one attached hydrogen (secondary N) is 4. The summed E-state index contributed by atoms with van der Waals surface area (Å²) in [6.07, 6.45) is 8.43. The summed E-state index contributed by atoms with van der Waals surface area (Å²) in [5, 5.41) is 11.1. The molecule has 1 heterocycles. The summed E-state index contributed by atoms with van der Waals surface area (Å²) < 4.78 is 24.6. The number of hydrogen-bond donors (Lipinski definition) is 4. The van der Waals surface area contributed by atoms with E-state index < -0.39 is 68.5 Å². The third-order valence-electron chi connectivity index (χ3n) is 10.4. The van der Waals surface area contributed by atoms with Gasteiger partial charge in [0.05, 0.1) is 17.3 Å². The van der Waals surface area contributed by atoms with Gasteiger partial charge in [0.25, 0.3) is 5.91 Å². The molecule has 4 N–H and O–H groups in total. The summed E-state index contributed by atoms with van der Waals surface area (Å²) in [5.41, 5.74) is -1.86. The second-order valence-electron chi connectivity index (χ2n) is 15.8. The van der Waals surface area contributed by atoms with Gasteiger partial charge in [0.15, 0.2) is 0 Å². The largest absolute Gasteiger partial charge is 0.346 e. The Hall–Kier alpha value is -2.96. The van der Waals surface area contributed by atoms with Gasteiger partial charge >= 0.3 is 6.03 Å². The lowest BCUT2D eigenvalue weighted by Crippen LogP contribution is -2.63. The average Bonchev–Trinajstić information content (AvgIpc) is 3.79. The highest BCUT2D eigenvalue weighted by Gasteiger charge is 2.70. The average molecular weight is 664 g/mol. The standard InChI is InChI=1S/C33H53N5O7S/c1-8-16-34-28(41)25(39)22(17-20-12-13-20)35-27(40)24-23-21(32(23,5)6)18-38(24)29(42)26(31(2,3)4)36-30(43)37-33(19-46(7,44)45)14-10-9-11-15-33/h8,20-24,26H,1,9-19H2,2-7H3,(H,34,41)(H,35,40)(H2,36,37,43)/t21-,22?,23-,24-,26+/m0/s1. The number of amides is 5. The van der Waals surface area contributed by atoms with Crippen LogP contribution in [0.2, 0.25) is 0 Å². The molecule has 4 aliphatic rings. The highest BCUT2D eigenvalue weighted by atomic mass is 32.2. The van der Waals surface area contributed by atoms with E-state index in [0.717, 1.165) is 38.4 Å². The third kappa shape index (κ3) is 8.30. The van der Waals surface area contributed by atoms with Crippen molar-refractivity contribution < 1.29 is 32.4 Å². The Kier molecular flexibility index (Phi) is 10.4. The van der Waals surface area contributed by atoms with E-state index in [-0.39, 0.29) is 35.5 Å². The minimum atomic E-state index is -3.39. The molecular weight excluding hydrogens is 610 g/mol. The lowest BCUT2D eigenvalue weighted by atomic mass is 9.83. The molecule has 5 amide bonds. The van der Waals surface area contributed by atoms with Gasteiger partial charge in [0, 0.05) is 19.3 Å². The number of sulfone groups is 1. The number of rotatable bonds is 13. The Morgan fingerprint density at radius 2 is 1.65 bits per heavy atom. The number of urea groups is 1. The van der Waals surface area contributed by atoms with Crippen LogP contribution >= 0.6 is 0 Å². The van der Waals surface area contributed by atoms with E-state index in [9.17, 15) is 32.4 Å². The van der Waals surface area contributed by atoms with E-state index >= 15 is 0 Å². The Balaban J connectivity index is 1.54. The van der Waals surface area contributed by atoms with Gasteiger partial charge in [-0.2, -0.15) is 0 Å². The van der Waals surface area contributed by atoms with Gasteiger partial charge in [-0.1, -0.05) is 72.8 Å². The van der Waals surface area contributed by atoms with Crippen LogP contribution in [0, 0.1) is 28.6 Å². The summed E-state index contributed by atoms with van der Waals surface area (Å²) in [6.45, 7) is 13.6. The maximum atomic E-state index is 14.3. The first-order valence-electron chi connectivity index (χ1n) is 16.6. The fraction of sp³-hybridized carbons (Fsp3) is 0.788. The second-order valence-corrected chi connectivity index (χ2v) is 17.9. The van der Waals surface area contributed by atoms with E-state index in [0.29, 0.717) is 25.8 Å². The summed E-state index contributed by atoms with van der Waals surface area (Å²) >= 11 is 0. The summed E-state index contributed by atoms with van der Waals surface area (Å²) in [4.78, 5) is 69.0. The van der Waals surface area contributed by atoms with Crippen molar-refractivity contribution >= 4 is 39.4 Å². The fourth-order valence-corrected chi connectivity index (χ4v) is 9.02. The van der Waals surface area contributed by atoms with Crippen molar-refractivity contribution in [2.24, 2.45) is 28.6 Å². The second kappa shape index (κ2) is 13.3. The van der Waals surface area contributed by atoms with Gasteiger partial charge in [-0.25, -0.2) is 13.2 Å². The predicted molar refractivity (Wildman–Crippen MR) is 174 cm³/mol. The number of nitrogens with zero attached hydrogens (tertiary/aromatic N) is 1. The molecule has 0 radical (unpaired) electrons. The third-order valence-corrected chi connectivity index (χ3v) is 11.5. The van der Waals surface area contributed by atoms with E-state index in [4.69, 9.17) is 0 Å². The number of hydrogen-bond acceptors (Lipinski definition) is 7. The topological polar surface area (TPSA) is 171 Å². The number of Topliss-reactive ketones (excluding diaryl/α,β-unsaturated/α-hetero) is 1. The zero-order chi connectivity index (χ0) is 34.2. The van der Waals surface area contributed by atoms with Crippen LogP contribution in [-0.4, -0.2) is 91.6 Å². The molecule has 1 aliphatic heterocycles. The lowest BCUT2D eigenvalue weighted by molar-refractivity contribution is -0.145. The van der Waals surface area contributed by atoms with Crippen LogP contribution in [-0.2, 0) is 29.0 Å². The minimum Gasteiger partial charge on any atom is -0.346 e. The van der Waals surface area contributed by atoms with Crippen LogP contribution in [0.3, 0.4) is 0 Å². The number of fused-ring (bicyclic) bond motifs is 1. The molecule has 1 saturated heterocycles. The quantitative estimate of drug-likeness (QED) is 0.173. The van der Waals surface area contributed by atoms with Crippen LogP contribution < -0.4 is 21.3 Å². The molecule has 4 rings (SSSR count). The number of carbonyl (C=O) groups excluding carboxylic acids is 5. The van der Waals surface area contributed by atoms with Gasteiger partial charge in [0.2, 0.25) is 17.6 Å². The van der Waals surface area contributed by atoms with Crippen molar-refractivity contribution in [1.29, 1.82) is 0 Å². The molecule has 0 spiro atoms. The first-order chi connectivity index (χ1) is 21.3. The smallest absolute Gasteiger partial charge is 0.315 e. The molecule has 0 aromatic carbocycles. The zero-order valence-corrected chi connectivity index (χ0v) is 29.1. The van der Waals surface area contributed by atoms with Crippen LogP contribution in [0.15, 0.2) is 12.7 Å². The van der Waals surface area contributed by atoms with Crippen LogP contribution in [0.4, 0.5) is 4.79 Å². The Morgan fingerprint density at radius 3 is 2.20 bits per heavy atom. The van der Waals surface area contributed by atoms with E-state index in [1.54, 1.807) is 0 Å².